The predicted molar refractivity (Wildman–Crippen MR) is 110 cm³/mol. The molecular formula is C22H25FN4O. The van der Waals surface area contributed by atoms with Crippen molar-refractivity contribution in [3.63, 3.8) is 0 Å². The molecule has 1 aromatic heterocycles. The molecule has 0 aliphatic heterocycles. The first-order chi connectivity index (χ1) is 13.4. The van der Waals surface area contributed by atoms with Gasteiger partial charge in [0, 0.05) is 25.3 Å². The maximum atomic E-state index is 13.2. The number of aromatic nitrogens is 2. The summed E-state index contributed by atoms with van der Waals surface area (Å²) in [5.41, 5.74) is 3.74. The highest BCUT2D eigenvalue weighted by Gasteiger charge is 2.20. The second-order valence-electron chi connectivity index (χ2n) is 6.94. The van der Waals surface area contributed by atoms with Crippen molar-refractivity contribution in [2.75, 3.05) is 18.5 Å². The number of amides is 1. The SMILES string of the molecule is Cc1nn(-c2ccc(F)cc2)c(C)c1C(=O)NCC(C)N(C)c1ccccc1. The molecule has 3 aromatic rings. The van der Waals surface area contributed by atoms with E-state index in [2.05, 4.69) is 22.2 Å². The van der Waals surface area contributed by atoms with Crippen LogP contribution in [-0.2, 0) is 0 Å². The highest BCUT2D eigenvalue weighted by molar-refractivity contribution is 5.96. The molecule has 0 radical (unpaired) electrons. The lowest BCUT2D eigenvalue weighted by Gasteiger charge is -2.27. The van der Waals surface area contributed by atoms with E-state index in [1.165, 1.54) is 12.1 Å². The number of halogens is 1. The van der Waals surface area contributed by atoms with Gasteiger partial charge in [-0.15, -0.1) is 0 Å². The van der Waals surface area contributed by atoms with Crippen molar-refractivity contribution in [2.24, 2.45) is 0 Å². The normalized spacial score (nSPS) is 11.9. The molecule has 0 saturated heterocycles. The van der Waals surface area contributed by atoms with E-state index in [9.17, 15) is 9.18 Å². The summed E-state index contributed by atoms with van der Waals surface area (Å²) in [5.74, 6) is -0.462. The van der Waals surface area contributed by atoms with Crippen LogP contribution in [0.5, 0.6) is 0 Å². The fraction of sp³-hybridized carbons (Fsp3) is 0.273. The summed E-state index contributed by atoms with van der Waals surface area (Å²) >= 11 is 0. The number of likely N-dealkylation sites (N-methyl/N-ethyl adjacent to an activating group) is 1. The van der Waals surface area contributed by atoms with Gasteiger partial charge >= 0.3 is 0 Å². The van der Waals surface area contributed by atoms with Crippen molar-refractivity contribution in [2.45, 2.75) is 26.8 Å². The van der Waals surface area contributed by atoms with Crippen molar-refractivity contribution in [1.29, 1.82) is 0 Å². The Bertz CT molecular complexity index is 951. The van der Waals surface area contributed by atoms with E-state index in [0.29, 0.717) is 17.8 Å². The first kappa shape index (κ1) is 19.6. The van der Waals surface area contributed by atoms with Crippen LogP contribution in [0.25, 0.3) is 5.69 Å². The molecule has 2 aromatic carbocycles. The molecular weight excluding hydrogens is 355 g/mol. The fourth-order valence-electron chi connectivity index (χ4n) is 3.19. The van der Waals surface area contributed by atoms with Gasteiger partial charge in [-0.3, -0.25) is 4.79 Å². The van der Waals surface area contributed by atoms with Gasteiger partial charge < -0.3 is 10.2 Å². The van der Waals surface area contributed by atoms with Gasteiger partial charge in [0.05, 0.1) is 22.6 Å². The molecule has 146 valence electrons. The van der Waals surface area contributed by atoms with E-state index in [4.69, 9.17) is 0 Å². The van der Waals surface area contributed by atoms with Crippen LogP contribution in [0.15, 0.2) is 54.6 Å². The zero-order valence-electron chi connectivity index (χ0n) is 16.6. The number of benzene rings is 2. The van der Waals surface area contributed by atoms with Crippen LogP contribution in [0.3, 0.4) is 0 Å². The van der Waals surface area contributed by atoms with Gasteiger partial charge in [0.2, 0.25) is 0 Å². The lowest BCUT2D eigenvalue weighted by Crippen LogP contribution is -2.40. The number of nitrogens with zero attached hydrogens (tertiary/aromatic N) is 3. The van der Waals surface area contributed by atoms with Crippen LogP contribution in [0, 0.1) is 19.7 Å². The van der Waals surface area contributed by atoms with E-state index >= 15 is 0 Å². The molecule has 6 heteroatoms. The third-order valence-corrected chi connectivity index (χ3v) is 4.97. The number of rotatable bonds is 6. The third kappa shape index (κ3) is 4.06. The van der Waals surface area contributed by atoms with Crippen molar-refractivity contribution < 1.29 is 9.18 Å². The second kappa shape index (κ2) is 8.25. The van der Waals surface area contributed by atoms with Gasteiger partial charge in [0.15, 0.2) is 0 Å². The van der Waals surface area contributed by atoms with Crippen molar-refractivity contribution in [3.05, 3.63) is 77.4 Å². The predicted octanol–water partition coefficient (Wildman–Crippen LogP) is 3.88. The standard InChI is InChI=1S/C22H25FN4O/c1-15(26(4)19-8-6-5-7-9-19)14-24-22(28)21-16(2)25-27(17(21)3)20-12-10-18(23)11-13-20/h5-13,15H,14H2,1-4H3,(H,24,28). The smallest absolute Gasteiger partial charge is 0.255 e. The molecule has 0 saturated carbocycles. The van der Waals surface area contributed by atoms with E-state index in [1.807, 2.05) is 51.2 Å². The monoisotopic (exact) mass is 380 g/mol. The van der Waals surface area contributed by atoms with Gasteiger partial charge in [-0.1, -0.05) is 18.2 Å². The Labute approximate surface area is 164 Å². The molecule has 1 heterocycles. The quantitative estimate of drug-likeness (QED) is 0.706. The average Bonchev–Trinajstić information content (AvgIpc) is 3.00. The summed E-state index contributed by atoms with van der Waals surface area (Å²) in [5, 5.41) is 7.47. The lowest BCUT2D eigenvalue weighted by atomic mass is 10.1. The first-order valence-corrected chi connectivity index (χ1v) is 9.26. The van der Waals surface area contributed by atoms with Crippen molar-refractivity contribution in [3.8, 4) is 5.69 Å². The number of carbonyl (C=O) groups excluding carboxylic acids is 1. The highest BCUT2D eigenvalue weighted by atomic mass is 19.1. The molecule has 0 aliphatic rings. The first-order valence-electron chi connectivity index (χ1n) is 9.26. The molecule has 1 unspecified atom stereocenters. The minimum Gasteiger partial charge on any atom is -0.370 e. The van der Waals surface area contributed by atoms with Crippen LogP contribution >= 0.6 is 0 Å². The van der Waals surface area contributed by atoms with E-state index in [1.54, 1.807) is 16.8 Å². The number of anilines is 1. The molecule has 0 fully saturated rings. The molecule has 1 atom stereocenters. The van der Waals surface area contributed by atoms with Gasteiger partial charge in [-0.2, -0.15) is 5.10 Å². The average molecular weight is 380 g/mol. The van der Waals surface area contributed by atoms with Crippen LogP contribution in [0.4, 0.5) is 10.1 Å². The Balaban J connectivity index is 1.72. The summed E-state index contributed by atoms with van der Waals surface area (Å²) in [6.45, 7) is 6.22. The number of carbonyl (C=O) groups is 1. The van der Waals surface area contributed by atoms with Crippen LogP contribution in [0.2, 0.25) is 0 Å². The Morgan fingerprint density at radius 3 is 2.43 bits per heavy atom. The zero-order chi connectivity index (χ0) is 20.3. The Morgan fingerprint density at radius 2 is 1.79 bits per heavy atom. The molecule has 0 bridgehead atoms. The minimum absolute atomic E-state index is 0.124. The second-order valence-corrected chi connectivity index (χ2v) is 6.94. The maximum absolute atomic E-state index is 13.2. The van der Waals surface area contributed by atoms with Crippen molar-refractivity contribution >= 4 is 11.6 Å². The highest BCUT2D eigenvalue weighted by Crippen LogP contribution is 2.19. The van der Waals surface area contributed by atoms with E-state index in [0.717, 1.165) is 17.1 Å². The van der Waals surface area contributed by atoms with Gasteiger partial charge in [-0.05, 0) is 57.2 Å². The summed E-state index contributed by atoms with van der Waals surface area (Å²) in [7, 11) is 2.01. The molecule has 0 spiro atoms. The maximum Gasteiger partial charge on any atom is 0.255 e. The van der Waals surface area contributed by atoms with Gasteiger partial charge in [0.1, 0.15) is 5.82 Å². The summed E-state index contributed by atoms with van der Waals surface area (Å²) in [6, 6.07) is 16.2. The lowest BCUT2D eigenvalue weighted by molar-refractivity contribution is 0.0950. The van der Waals surface area contributed by atoms with Crippen molar-refractivity contribution in [1.82, 2.24) is 15.1 Å². The topological polar surface area (TPSA) is 50.2 Å². The fourth-order valence-corrected chi connectivity index (χ4v) is 3.19. The molecule has 3 rings (SSSR count). The van der Waals surface area contributed by atoms with E-state index < -0.39 is 0 Å². The number of nitrogens with one attached hydrogen (secondary N) is 1. The van der Waals surface area contributed by atoms with Crippen LogP contribution < -0.4 is 10.2 Å². The summed E-state index contributed by atoms with van der Waals surface area (Å²) < 4.78 is 14.9. The zero-order valence-corrected chi connectivity index (χ0v) is 16.6. The van der Waals surface area contributed by atoms with Gasteiger partial charge in [0.25, 0.3) is 5.91 Å². The van der Waals surface area contributed by atoms with E-state index in [-0.39, 0.29) is 17.8 Å². The third-order valence-electron chi connectivity index (χ3n) is 4.97. The molecule has 1 amide bonds. The Morgan fingerprint density at radius 1 is 1.14 bits per heavy atom. The molecule has 5 nitrogen and oxygen atoms in total. The Kier molecular flexibility index (Phi) is 5.78. The molecule has 1 N–H and O–H groups in total. The number of aryl methyl sites for hydroxylation is 1. The van der Waals surface area contributed by atoms with Crippen LogP contribution in [-0.4, -0.2) is 35.3 Å². The summed E-state index contributed by atoms with van der Waals surface area (Å²) in [4.78, 5) is 14.9. The molecule has 28 heavy (non-hydrogen) atoms. The number of hydrogen-bond acceptors (Lipinski definition) is 3. The number of hydrogen-bond donors (Lipinski definition) is 1. The minimum atomic E-state index is -0.306. The van der Waals surface area contributed by atoms with Gasteiger partial charge in [-0.25, -0.2) is 9.07 Å². The number of para-hydroxylation sites is 1. The molecule has 0 aliphatic carbocycles. The Hall–Kier alpha value is -3.15. The van der Waals surface area contributed by atoms with Crippen LogP contribution in [0.1, 0.15) is 28.7 Å². The largest absolute Gasteiger partial charge is 0.370 e. The summed E-state index contributed by atoms with van der Waals surface area (Å²) in [6.07, 6.45) is 0.